The smallest absolute Gasteiger partial charge is 0.305 e. The van der Waals surface area contributed by atoms with E-state index in [0.717, 1.165) is 0 Å². The van der Waals surface area contributed by atoms with Gasteiger partial charge in [-0.05, 0) is 6.42 Å². The fraction of sp³-hybridized carbons (Fsp3) is 0.667. The second kappa shape index (κ2) is 5.45. The highest BCUT2D eigenvalue weighted by Gasteiger charge is 2.23. The van der Waals surface area contributed by atoms with Crippen molar-refractivity contribution in [2.75, 3.05) is 6.54 Å². The molecule has 1 heterocycles. The maximum Gasteiger partial charge on any atom is 0.305 e. The van der Waals surface area contributed by atoms with Crippen LogP contribution >= 0.6 is 0 Å². The van der Waals surface area contributed by atoms with E-state index < -0.39 is 24.3 Å². The minimum atomic E-state index is -1.11. The molecule has 1 aliphatic heterocycles. The van der Waals surface area contributed by atoms with E-state index in [4.69, 9.17) is 10.8 Å². The highest BCUT2D eigenvalue weighted by atomic mass is 16.4. The molecule has 0 aliphatic carbocycles. The van der Waals surface area contributed by atoms with Crippen molar-refractivity contribution in [1.29, 1.82) is 0 Å². The van der Waals surface area contributed by atoms with Crippen molar-refractivity contribution in [1.82, 2.24) is 10.6 Å². The molecule has 1 saturated heterocycles. The SMILES string of the molecule is NC(CC(=O)O)C(=O)NC1CCC(=O)NC1. The average molecular weight is 229 g/mol. The number of carbonyl (C=O) groups is 3. The van der Waals surface area contributed by atoms with Crippen LogP contribution in [0.25, 0.3) is 0 Å². The summed E-state index contributed by atoms with van der Waals surface area (Å²) in [5.41, 5.74) is 5.38. The van der Waals surface area contributed by atoms with Crippen LogP contribution in [0.2, 0.25) is 0 Å². The number of nitrogens with two attached hydrogens (primary N) is 1. The highest BCUT2D eigenvalue weighted by Crippen LogP contribution is 2.03. The Hall–Kier alpha value is -1.63. The molecular weight excluding hydrogens is 214 g/mol. The van der Waals surface area contributed by atoms with Gasteiger partial charge in [-0.15, -0.1) is 0 Å². The number of carboxylic acids is 1. The van der Waals surface area contributed by atoms with Crippen LogP contribution in [0.4, 0.5) is 0 Å². The van der Waals surface area contributed by atoms with Gasteiger partial charge in [0.2, 0.25) is 11.8 Å². The number of nitrogens with one attached hydrogen (secondary N) is 2. The first-order chi connectivity index (χ1) is 7.49. The highest BCUT2D eigenvalue weighted by molar-refractivity contribution is 5.86. The summed E-state index contributed by atoms with van der Waals surface area (Å²) in [5, 5.41) is 13.7. The van der Waals surface area contributed by atoms with Crippen molar-refractivity contribution < 1.29 is 19.5 Å². The van der Waals surface area contributed by atoms with E-state index in [1.54, 1.807) is 0 Å². The van der Waals surface area contributed by atoms with Gasteiger partial charge in [0.25, 0.3) is 0 Å². The number of amides is 2. The predicted molar refractivity (Wildman–Crippen MR) is 54.4 cm³/mol. The summed E-state index contributed by atoms with van der Waals surface area (Å²) in [5.74, 6) is -1.65. The molecule has 7 heteroatoms. The lowest BCUT2D eigenvalue weighted by atomic mass is 10.1. The number of hydrogen-bond acceptors (Lipinski definition) is 4. The molecule has 1 aliphatic rings. The number of rotatable bonds is 4. The molecule has 2 atom stereocenters. The van der Waals surface area contributed by atoms with E-state index in [-0.39, 0.29) is 11.9 Å². The van der Waals surface area contributed by atoms with Gasteiger partial charge in [-0.1, -0.05) is 0 Å². The van der Waals surface area contributed by atoms with Crippen LogP contribution < -0.4 is 16.4 Å². The Morgan fingerprint density at radius 2 is 2.31 bits per heavy atom. The summed E-state index contributed by atoms with van der Waals surface area (Å²) in [4.78, 5) is 32.6. The Balaban J connectivity index is 2.33. The van der Waals surface area contributed by atoms with Gasteiger partial charge in [-0.2, -0.15) is 0 Å². The first-order valence-electron chi connectivity index (χ1n) is 5.03. The zero-order valence-corrected chi connectivity index (χ0v) is 8.73. The Morgan fingerprint density at radius 3 is 2.81 bits per heavy atom. The van der Waals surface area contributed by atoms with Crippen molar-refractivity contribution >= 4 is 17.8 Å². The van der Waals surface area contributed by atoms with Gasteiger partial charge in [0.1, 0.15) is 0 Å². The lowest BCUT2D eigenvalue weighted by Crippen LogP contribution is -2.52. The van der Waals surface area contributed by atoms with Crippen molar-refractivity contribution in [3.05, 3.63) is 0 Å². The largest absolute Gasteiger partial charge is 0.481 e. The van der Waals surface area contributed by atoms with Crippen molar-refractivity contribution in [3.8, 4) is 0 Å². The molecule has 1 fully saturated rings. The zero-order valence-electron chi connectivity index (χ0n) is 8.73. The standard InChI is InChI=1S/C9H15N3O4/c10-6(3-8(14)15)9(16)12-5-1-2-7(13)11-4-5/h5-6H,1-4,10H2,(H,11,13)(H,12,16)(H,14,15). The zero-order chi connectivity index (χ0) is 12.1. The number of carbonyl (C=O) groups excluding carboxylic acids is 2. The third-order valence-electron chi connectivity index (χ3n) is 2.34. The predicted octanol–water partition coefficient (Wildman–Crippen LogP) is -1.82. The van der Waals surface area contributed by atoms with Gasteiger partial charge in [0.05, 0.1) is 12.5 Å². The lowest BCUT2D eigenvalue weighted by Gasteiger charge is -2.24. The van der Waals surface area contributed by atoms with Gasteiger partial charge in [0, 0.05) is 19.0 Å². The van der Waals surface area contributed by atoms with Crippen LogP contribution in [-0.2, 0) is 14.4 Å². The van der Waals surface area contributed by atoms with E-state index in [0.29, 0.717) is 19.4 Å². The molecule has 90 valence electrons. The lowest BCUT2D eigenvalue weighted by molar-refractivity contribution is -0.139. The molecule has 16 heavy (non-hydrogen) atoms. The van der Waals surface area contributed by atoms with Crippen LogP contribution in [0.1, 0.15) is 19.3 Å². The normalized spacial score (nSPS) is 22.1. The summed E-state index contributed by atoms with van der Waals surface area (Å²) >= 11 is 0. The second-order valence-corrected chi connectivity index (χ2v) is 3.75. The maximum absolute atomic E-state index is 11.4. The van der Waals surface area contributed by atoms with Crippen LogP contribution in [0, 0.1) is 0 Å². The summed E-state index contributed by atoms with van der Waals surface area (Å²) < 4.78 is 0. The molecule has 7 nitrogen and oxygen atoms in total. The van der Waals surface area contributed by atoms with Gasteiger partial charge < -0.3 is 21.5 Å². The van der Waals surface area contributed by atoms with Gasteiger partial charge >= 0.3 is 5.97 Å². The first-order valence-corrected chi connectivity index (χ1v) is 5.03. The molecule has 0 aromatic carbocycles. The molecule has 0 saturated carbocycles. The molecule has 0 radical (unpaired) electrons. The third-order valence-corrected chi connectivity index (χ3v) is 2.34. The summed E-state index contributed by atoms with van der Waals surface area (Å²) in [6, 6.07) is -1.21. The fourth-order valence-corrected chi connectivity index (χ4v) is 1.45. The van der Waals surface area contributed by atoms with E-state index in [1.165, 1.54) is 0 Å². The number of piperidine rings is 1. The van der Waals surface area contributed by atoms with Crippen LogP contribution in [0.15, 0.2) is 0 Å². The van der Waals surface area contributed by atoms with Crippen molar-refractivity contribution in [2.45, 2.75) is 31.3 Å². The number of aliphatic carboxylic acids is 1. The van der Waals surface area contributed by atoms with Crippen LogP contribution in [-0.4, -0.2) is 41.5 Å². The molecule has 0 aromatic heterocycles. The van der Waals surface area contributed by atoms with E-state index in [9.17, 15) is 14.4 Å². The fourth-order valence-electron chi connectivity index (χ4n) is 1.45. The number of hydrogen-bond donors (Lipinski definition) is 4. The van der Waals surface area contributed by atoms with E-state index in [2.05, 4.69) is 10.6 Å². The molecule has 1 rings (SSSR count). The van der Waals surface area contributed by atoms with E-state index >= 15 is 0 Å². The first kappa shape index (κ1) is 12.4. The third kappa shape index (κ3) is 3.85. The molecule has 2 unspecified atom stereocenters. The summed E-state index contributed by atoms with van der Waals surface area (Å²) in [6.07, 6.45) is 0.515. The summed E-state index contributed by atoms with van der Waals surface area (Å²) in [6.45, 7) is 0.365. The molecule has 5 N–H and O–H groups in total. The van der Waals surface area contributed by atoms with Crippen LogP contribution in [0.3, 0.4) is 0 Å². The average Bonchev–Trinajstić information content (AvgIpc) is 2.20. The molecule has 0 spiro atoms. The van der Waals surface area contributed by atoms with Gasteiger partial charge in [0.15, 0.2) is 0 Å². The molecule has 0 bridgehead atoms. The van der Waals surface area contributed by atoms with Gasteiger partial charge in [-0.25, -0.2) is 0 Å². The molecule has 2 amide bonds. The summed E-state index contributed by atoms with van der Waals surface area (Å²) in [7, 11) is 0. The Kier molecular flexibility index (Phi) is 4.24. The topological polar surface area (TPSA) is 122 Å². The monoisotopic (exact) mass is 229 g/mol. The minimum Gasteiger partial charge on any atom is -0.481 e. The van der Waals surface area contributed by atoms with Crippen LogP contribution in [0.5, 0.6) is 0 Å². The second-order valence-electron chi connectivity index (χ2n) is 3.75. The Labute approximate surface area is 92.4 Å². The van der Waals surface area contributed by atoms with Crippen molar-refractivity contribution in [3.63, 3.8) is 0 Å². The van der Waals surface area contributed by atoms with E-state index in [1.807, 2.05) is 0 Å². The molecular formula is C9H15N3O4. The van der Waals surface area contributed by atoms with Crippen molar-refractivity contribution in [2.24, 2.45) is 5.73 Å². The number of carboxylic acid groups (broad SMARTS) is 1. The van der Waals surface area contributed by atoms with Gasteiger partial charge in [-0.3, -0.25) is 14.4 Å². The minimum absolute atomic E-state index is 0.0414. The molecule has 0 aromatic rings. The Morgan fingerprint density at radius 1 is 1.62 bits per heavy atom. The Bertz CT molecular complexity index is 295. The quantitative estimate of drug-likeness (QED) is 0.452. The maximum atomic E-state index is 11.4.